The minimum atomic E-state index is -3.60. The van der Waals surface area contributed by atoms with Gasteiger partial charge in [0.2, 0.25) is 0 Å². The van der Waals surface area contributed by atoms with E-state index >= 15 is 0 Å². The molecule has 0 atom stereocenters. The van der Waals surface area contributed by atoms with Gasteiger partial charge in [-0.05, 0) is 38.8 Å². The summed E-state index contributed by atoms with van der Waals surface area (Å²) in [5.74, 6) is 0. The van der Waals surface area contributed by atoms with Crippen molar-refractivity contribution >= 4 is 10.1 Å². The molecule has 0 amide bonds. The minimum Gasteiger partial charge on any atom is -0.266 e. The van der Waals surface area contributed by atoms with Gasteiger partial charge in [-0.3, -0.25) is 4.18 Å². The highest BCUT2D eigenvalue weighted by atomic mass is 32.2. The summed E-state index contributed by atoms with van der Waals surface area (Å²) < 4.78 is 28.4. The number of allylic oxidation sites excluding steroid dienone is 1. The minimum absolute atomic E-state index is 0.197. The molecule has 0 aliphatic carbocycles. The van der Waals surface area contributed by atoms with Gasteiger partial charge in [0, 0.05) is 0 Å². The van der Waals surface area contributed by atoms with Crippen molar-refractivity contribution in [3.8, 4) is 0 Å². The average molecular weight is 254 g/mol. The largest absolute Gasteiger partial charge is 0.296 e. The van der Waals surface area contributed by atoms with Crippen LogP contribution in [0.1, 0.15) is 25.3 Å². The van der Waals surface area contributed by atoms with Crippen molar-refractivity contribution in [1.82, 2.24) is 0 Å². The fourth-order valence-corrected chi connectivity index (χ4v) is 2.26. The Morgan fingerprint density at radius 2 is 1.88 bits per heavy atom. The summed E-state index contributed by atoms with van der Waals surface area (Å²) in [6.07, 6.45) is 1.45. The quantitative estimate of drug-likeness (QED) is 0.445. The number of rotatable bonds is 6. The van der Waals surface area contributed by atoms with Crippen molar-refractivity contribution in [2.24, 2.45) is 0 Å². The first-order valence-corrected chi connectivity index (χ1v) is 6.93. The van der Waals surface area contributed by atoms with Crippen LogP contribution in [-0.2, 0) is 14.3 Å². The normalized spacial score (nSPS) is 11.4. The summed E-state index contributed by atoms with van der Waals surface area (Å²) in [6.45, 7) is 7.77. The molecule has 0 unspecified atom stereocenters. The topological polar surface area (TPSA) is 43.4 Å². The van der Waals surface area contributed by atoms with Crippen LogP contribution in [0, 0.1) is 6.92 Å². The van der Waals surface area contributed by atoms with Gasteiger partial charge in [0.1, 0.15) is 0 Å². The summed E-state index contributed by atoms with van der Waals surface area (Å²) in [5, 5.41) is 0. The monoisotopic (exact) mass is 254 g/mol. The Morgan fingerprint density at radius 1 is 1.29 bits per heavy atom. The molecule has 0 aliphatic heterocycles. The summed E-state index contributed by atoms with van der Waals surface area (Å²) in [7, 11) is -3.60. The molecule has 1 aromatic rings. The van der Waals surface area contributed by atoms with E-state index in [9.17, 15) is 8.42 Å². The summed E-state index contributed by atoms with van der Waals surface area (Å²) >= 11 is 0. The van der Waals surface area contributed by atoms with Crippen LogP contribution >= 0.6 is 0 Å². The fraction of sp³-hybridized carbons (Fsp3) is 0.385. The second-order valence-corrected chi connectivity index (χ2v) is 5.77. The number of hydrogen-bond donors (Lipinski definition) is 0. The third-order valence-corrected chi connectivity index (χ3v) is 3.62. The summed E-state index contributed by atoms with van der Waals surface area (Å²) in [6, 6.07) is 6.63. The lowest BCUT2D eigenvalue weighted by Crippen LogP contribution is -2.07. The van der Waals surface area contributed by atoms with Crippen LogP contribution in [0.2, 0.25) is 0 Å². The predicted molar refractivity (Wildman–Crippen MR) is 68.4 cm³/mol. The standard InChI is InChI=1S/C13H18O3S/c1-11(2)5-4-10-16-17(14,15)13-8-6-12(3)7-9-13/h6-9H,1,4-5,10H2,2-3H3. The van der Waals surface area contributed by atoms with Gasteiger partial charge in [-0.2, -0.15) is 8.42 Å². The van der Waals surface area contributed by atoms with E-state index in [0.29, 0.717) is 6.42 Å². The Morgan fingerprint density at radius 3 is 2.41 bits per heavy atom. The van der Waals surface area contributed by atoms with Crippen LogP contribution in [0.4, 0.5) is 0 Å². The van der Waals surface area contributed by atoms with Crippen LogP contribution in [0.5, 0.6) is 0 Å². The third-order valence-electron chi connectivity index (χ3n) is 2.30. The van der Waals surface area contributed by atoms with Crippen molar-refractivity contribution in [2.45, 2.75) is 31.6 Å². The van der Waals surface area contributed by atoms with Crippen LogP contribution in [-0.4, -0.2) is 15.0 Å². The molecular weight excluding hydrogens is 236 g/mol. The molecule has 17 heavy (non-hydrogen) atoms. The second-order valence-electron chi connectivity index (χ2n) is 4.15. The molecule has 1 rings (SSSR count). The summed E-state index contributed by atoms with van der Waals surface area (Å²) in [4.78, 5) is 0.207. The molecular formula is C13H18O3S. The maximum Gasteiger partial charge on any atom is 0.296 e. The lowest BCUT2D eigenvalue weighted by Gasteiger charge is -2.05. The Kier molecular flexibility index (Phi) is 4.90. The fourth-order valence-electron chi connectivity index (χ4n) is 1.32. The van der Waals surface area contributed by atoms with E-state index in [-0.39, 0.29) is 11.5 Å². The average Bonchev–Trinajstić information content (AvgIpc) is 2.25. The number of hydrogen-bond acceptors (Lipinski definition) is 3. The number of benzene rings is 1. The van der Waals surface area contributed by atoms with Crippen LogP contribution in [0.15, 0.2) is 41.3 Å². The van der Waals surface area contributed by atoms with Gasteiger partial charge in [-0.1, -0.05) is 23.3 Å². The first-order chi connectivity index (χ1) is 7.92. The first-order valence-electron chi connectivity index (χ1n) is 5.52. The highest BCUT2D eigenvalue weighted by Crippen LogP contribution is 2.14. The van der Waals surface area contributed by atoms with Gasteiger partial charge in [0.05, 0.1) is 11.5 Å². The van der Waals surface area contributed by atoms with E-state index < -0.39 is 10.1 Å². The molecule has 0 aliphatic rings. The van der Waals surface area contributed by atoms with E-state index in [1.54, 1.807) is 24.3 Å². The zero-order valence-corrected chi connectivity index (χ0v) is 11.1. The maximum absolute atomic E-state index is 11.7. The van der Waals surface area contributed by atoms with E-state index in [0.717, 1.165) is 17.6 Å². The smallest absolute Gasteiger partial charge is 0.266 e. The molecule has 4 heteroatoms. The van der Waals surface area contributed by atoms with Crippen molar-refractivity contribution in [2.75, 3.05) is 6.61 Å². The zero-order valence-electron chi connectivity index (χ0n) is 10.3. The zero-order chi connectivity index (χ0) is 12.9. The molecule has 0 saturated carbocycles. The Labute approximate surface area is 103 Å². The highest BCUT2D eigenvalue weighted by Gasteiger charge is 2.13. The Bertz CT molecular complexity index is 472. The Balaban J connectivity index is 2.57. The molecule has 94 valence electrons. The van der Waals surface area contributed by atoms with E-state index in [4.69, 9.17) is 4.18 Å². The van der Waals surface area contributed by atoms with E-state index in [1.165, 1.54) is 0 Å². The van der Waals surface area contributed by atoms with Crippen molar-refractivity contribution in [3.05, 3.63) is 42.0 Å². The molecule has 1 aromatic carbocycles. The van der Waals surface area contributed by atoms with Crippen LogP contribution in [0.25, 0.3) is 0 Å². The van der Waals surface area contributed by atoms with Crippen molar-refractivity contribution < 1.29 is 12.6 Å². The van der Waals surface area contributed by atoms with Gasteiger partial charge >= 0.3 is 0 Å². The predicted octanol–water partition coefficient (Wildman–Crippen LogP) is 3.06. The first kappa shape index (κ1) is 13.9. The SMILES string of the molecule is C=C(C)CCCOS(=O)(=O)c1ccc(C)cc1. The molecule has 3 nitrogen and oxygen atoms in total. The van der Waals surface area contributed by atoms with Crippen molar-refractivity contribution in [1.29, 1.82) is 0 Å². The molecule has 0 bridgehead atoms. The molecule has 0 aromatic heterocycles. The van der Waals surface area contributed by atoms with Crippen LogP contribution < -0.4 is 0 Å². The van der Waals surface area contributed by atoms with E-state index in [2.05, 4.69) is 6.58 Å². The Hall–Kier alpha value is -1.13. The molecule has 0 N–H and O–H groups in total. The van der Waals surface area contributed by atoms with Gasteiger partial charge in [-0.25, -0.2) is 0 Å². The number of aryl methyl sites for hydroxylation is 1. The lowest BCUT2D eigenvalue weighted by atomic mass is 10.2. The van der Waals surface area contributed by atoms with Crippen LogP contribution in [0.3, 0.4) is 0 Å². The van der Waals surface area contributed by atoms with Gasteiger partial charge < -0.3 is 0 Å². The maximum atomic E-state index is 11.7. The lowest BCUT2D eigenvalue weighted by molar-refractivity contribution is 0.312. The third kappa shape index (κ3) is 4.71. The van der Waals surface area contributed by atoms with Gasteiger partial charge in [0.15, 0.2) is 0 Å². The van der Waals surface area contributed by atoms with Crippen molar-refractivity contribution in [3.63, 3.8) is 0 Å². The second kappa shape index (κ2) is 5.98. The molecule has 0 radical (unpaired) electrons. The molecule has 0 spiro atoms. The molecule has 0 fully saturated rings. The highest BCUT2D eigenvalue weighted by molar-refractivity contribution is 7.86. The summed E-state index contributed by atoms with van der Waals surface area (Å²) in [5.41, 5.74) is 2.05. The van der Waals surface area contributed by atoms with Gasteiger partial charge in [0.25, 0.3) is 10.1 Å². The van der Waals surface area contributed by atoms with Gasteiger partial charge in [-0.15, -0.1) is 6.58 Å². The molecule has 0 saturated heterocycles. The van der Waals surface area contributed by atoms with E-state index in [1.807, 2.05) is 13.8 Å². The molecule has 0 heterocycles.